The molecule has 2 aliphatic rings. The summed E-state index contributed by atoms with van der Waals surface area (Å²) in [6.45, 7) is 6.15. The molecule has 1 aromatic rings. The zero-order valence-corrected chi connectivity index (χ0v) is 12.6. The predicted molar refractivity (Wildman–Crippen MR) is 81.9 cm³/mol. The number of nitrogens with one attached hydrogen (secondary N) is 1. The lowest BCUT2D eigenvalue weighted by Gasteiger charge is -2.35. The van der Waals surface area contributed by atoms with Crippen molar-refractivity contribution in [1.82, 2.24) is 10.2 Å². The van der Waals surface area contributed by atoms with E-state index in [4.69, 9.17) is 10.00 Å². The molecule has 2 heterocycles. The van der Waals surface area contributed by atoms with Crippen molar-refractivity contribution in [2.75, 3.05) is 26.2 Å². The average Bonchev–Trinajstić information content (AvgIpc) is 3.00. The number of hydrogen-bond donors (Lipinski definition) is 1. The number of hydrogen-bond acceptors (Lipinski definition) is 4. The first kappa shape index (κ1) is 14.5. The molecule has 0 aromatic heterocycles. The lowest BCUT2D eigenvalue weighted by atomic mass is 10.1. The quantitative estimate of drug-likeness (QED) is 0.920. The van der Waals surface area contributed by atoms with Crippen LogP contribution in [0.25, 0.3) is 0 Å². The number of nitrogens with zero attached hydrogens (tertiary/aromatic N) is 2. The maximum Gasteiger partial charge on any atom is 0.0991 e. The third-order valence-electron chi connectivity index (χ3n) is 4.63. The summed E-state index contributed by atoms with van der Waals surface area (Å²) in [7, 11) is 0. The minimum atomic E-state index is 0.234. The van der Waals surface area contributed by atoms with Gasteiger partial charge < -0.3 is 10.1 Å². The molecule has 4 heteroatoms. The molecule has 0 spiro atoms. The maximum absolute atomic E-state index is 8.97. The average molecular weight is 285 g/mol. The van der Waals surface area contributed by atoms with E-state index in [0.717, 1.165) is 30.8 Å². The molecule has 21 heavy (non-hydrogen) atoms. The molecular weight excluding hydrogens is 262 g/mol. The van der Waals surface area contributed by atoms with Gasteiger partial charge in [-0.15, -0.1) is 0 Å². The number of fused-ring (bicyclic) bond motifs is 1. The number of morpholine rings is 1. The first-order chi connectivity index (χ1) is 10.3. The van der Waals surface area contributed by atoms with Gasteiger partial charge in [0.05, 0.1) is 24.3 Å². The molecule has 0 amide bonds. The molecule has 112 valence electrons. The van der Waals surface area contributed by atoms with Crippen LogP contribution in [-0.4, -0.2) is 43.3 Å². The largest absolute Gasteiger partial charge is 0.374 e. The lowest BCUT2D eigenvalue weighted by molar-refractivity contribution is -0.0477. The molecule has 4 nitrogen and oxygen atoms in total. The molecule has 0 bridgehead atoms. The lowest BCUT2D eigenvalue weighted by Crippen LogP contribution is -2.49. The van der Waals surface area contributed by atoms with Crippen LogP contribution in [-0.2, 0) is 4.74 Å². The van der Waals surface area contributed by atoms with Gasteiger partial charge in [0.1, 0.15) is 0 Å². The Kier molecular flexibility index (Phi) is 4.54. The van der Waals surface area contributed by atoms with Crippen molar-refractivity contribution in [3.63, 3.8) is 0 Å². The van der Waals surface area contributed by atoms with Gasteiger partial charge in [-0.25, -0.2) is 0 Å². The van der Waals surface area contributed by atoms with Gasteiger partial charge in [-0.1, -0.05) is 12.1 Å². The zero-order valence-electron chi connectivity index (χ0n) is 12.6. The fourth-order valence-electron chi connectivity index (χ4n) is 3.31. The molecule has 1 N–H and O–H groups in total. The van der Waals surface area contributed by atoms with E-state index in [0.29, 0.717) is 6.04 Å². The fourth-order valence-corrected chi connectivity index (χ4v) is 3.31. The number of ether oxygens (including phenoxy) is 1. The summed E-state index contributed by atoms with van der Waals surface area (Å²) in [5.74, 6) is 0. The van der Waals surface area contributed by atoms with Crippen LogP contribution in [0.15, 0.2) is 24.3 Å². The van der Waals surface area contributed by atoms with Gasteiger partial charge in [0, 0.05) is 25.2 Å². The number of benzene rings is 1. The van der Waals surface area contributed by atoms with Crippen molar-refractivity contribution in [3.05, 3.63) is 35.4 Å². The van der Waals surface area contributed by atoms with Crippen LogP contribution < -0.4 is 5.32 Å². The van der Waals surface area contributed by atoms with Crippen molar-refractivity contribution in [2.45, 2.75) is 38.0 Å². The fraction of sp³-hybridized carbons (Fsp3) is 0.588. The normalized spacial score (nSPS) is 27.0. The van der Waals surface area contributed by atoms with E-state index >= 15 is 0 Å². The standard InChI is InChI=1S/C17H23N3O/c1-13(15-5-2-4-14(8-15)9-18)19-10-17-11-20-7-3-6-16(20)12-21-17/h2,4-5,8,13,16-17,19H,3,6-7,10-12H2,1H3. The second-order valence-electron chi connectivity index (χ2n) is 6.11. The van der Waals surface area contributed by atoms with Gasteiger partial charge in [-0.05, 0) is 44.0 Å². The Morgan fingerprint density at radius 2 is 2.43 bits per heavy atom. The zero-order chi connectivity index (χ0) is 14.7. The Labute approximate surface area is 126 Å². The molecule has 3 unspecified atom stereocenters. The van der Waals surface area contributed by atoms with Crippen LogP contribution in [0.3, 0.4) is 0 Å². The Morgan fingerprint density at radius 3 is 3.29 bits per heavy atom. The Balaban J connectivity index is 1.51. The van der Waals surface area contributed by atoms with Crippen molar-refractivity contribution in [3.8, 4) is 6.07 Å². The van der Waals surface area contributed by atoms with E-state index in [9.17, 15) is 0 Å². The smallest absolute Gasteiger partial charge is 0.0991 e. The van der Waals surface area contributed by atoms with Gasteiger partial charge >= 0.3 is 0 Å². The Hall–Kier alpha value is -1.41. The third-order valence-corrected chi connectivity index (χ3v) is 4.63. The van der Waals surface area contributed by atoms with Crippen LogP contribution in [0.5, 0.6) is 0 Å². The Bertz CT molecular complexity index is 525. The molecule has 2 saturated heterocycles. The Morgan fingerprint density at radius 1 is 1.52 bits per heavy atom. The summed E-state index contributed by atoms with van der Waals surface area (Å²) in [5, 5.41) is 12.5. The van der Waals surface area contributed by atoms with E-state index in [1.165, 1.54) is 19.4 Å². The van der Waals surface area contributed by atoms with Crippen LogP contribution in [0.2, 0.25) is 0 Å². The van der Waals surface area contributed by atoms with Crippen molar-refractivity contribution in [2.24, 2.45) is 0 Å². The molecular formula is C17H23N3O. The summed E-state index contributed by atoms with van der Waals surface area (Å²) in [6, 6.07) is 10.9. The van der Waals surface area contributed by atoms with E-state index in [2.05, 4.69) is 29.3 Å². The summed E-state index contributed by atoms with van der Waals surface area (Å²) in [4.78, 5) is 2.57. The second-order valence-corrected chi connectivity index (χ2v) is 6.11. The van der Waals surface area contributed by atoms with Crippen LogP contribution >= 0.6 is 0 Å². The van der Waals surface area contributed by atoms with Crippen molar-refractivity contribution < 1.29 is 4.74 Å². The summed E-state index contributed by atoms with van der Waals surface area (Å²) in [6.07, 6.45) is 2.88. The topological polar surface area (TPSA) is 48.3 Å². The molecule has 0 saturated carbocycles. The van der Waals surface area contributed by atoms with Crippen LogP contribution in [0, 0.1) is 11.3 Å². The van der Waals surface area contributed by atoms with Gasteiger partial charge in [0.25, 0.3) is 0 Å². The summed E-state index contributed by atoms with van der Waals surface area (Å²) in [5.41, 5.74) is 1.87. The van der Waals surface area contributed by atoms with Gasteiger partial charge in [-0.2, -0.15) is 5.26 Å². The van der Waals surface area contributed by atoms with E-state index in [1.54, 1.807) is 0 Å². The molecule has 1 aromatic carbocycles. The van der Waals surface area contributed by atoms with Crippen molar-refractivity contribution in [1.29, 1.82) is 5.26 Å². The summed E-state index contributed by atoms with van der Waals surface area (Å²) < 4.78 is 5.97. The van der Waals surface area contributed by atoms with E-state index < -0.39 is 0 Å². The van der Waals surface area contributed by atoms with E-state index in [-0.39, 0.29) is 12.1 Å². The number of rotatable bonds is 4. The number of nitriles is 1. The highest BCUT2D eigenvalue weighted by Gasteiger charge is 2.32. The highest BCUT2D eigenvalue weighted by Crippen LogP contribution is 2.22. The van der Waals surface area contributed by atoms with Gasteiger partial charge in [-0.3, -0.25) is 4.90 Å². The maximum atomic E-state index is 8.97. The first-order valence-corrected chi connectivity index (χ1v) is 7.85. The third kappa shape index (κ3) is 3.44. The minimum Gasteiger partial charge on any atom is -0.374 e. The molecule has 2 fully saturated rings. The molecule has 3 atom stereocenters. The van der Waals surface area contributed by atoms with Crippen LogP contribution in [0.4, 0.5) is 0 Å². The molecule has 0 aliphatic carbocycles. The van der Waals surface area contributed by atoms with E-state index in [1.807, 2.05) is 18.2 Å². The first-order valence-electron chi connectivity index (χ1n) is 7.85. The molecule has 3 rings (SSSR count). The SMILES string of the molecule is CC(NCC1CN2CCCC2CO1)c1cccc(C#N)c1. The predicted octanol–water partition coefficient (Wildman–Crippen LogP) is 2.07. The van der Waals surface area contributed by atoms with Crippen LogP contribution in [0.1, 0.15) is 36.9 Å². The van der Waals surface area contributed by atoms with Crippen molar-refractivity contribution >= 4 is 0 Å². The second kappa shape index (κ2) is 6.57. The minimum absolute atomic E-state index is 0.234. The summed E-state index contributed by atoms with van der Waals surface area (Å²) >= 11 is 0. The highest BCUT2D eigenvalue weighted by molar-refractivity contribution is 5.34. The van der Waals surface area contributed by atoms with Gasteiger partial charge in [0.15, 0.2) is 0 Å². The molecule has 0 radical (unpaired) electrons. The molecule has 2 aliphatic heterocycles. The monoisotopic (exact) mass is 285 g/mol. The van der Waals surface area contributed by atoms with Gasteiger partial charge in [0.2, 0.25) is 0 Å². The highest BCUT2D eigenvalue weighted by atomic mass is 16.5.